The molecule has 1 aliphatic heterocycles. The lowest BCUT2D eigenvalue weighted by atomic mass is 9.77. The van der Waals surface area contributed by atoms with Crippen LogP contribution in [0.15, 0.2) is 78.9 Å². The van der Waals surface area contributed by atoms with Crippen molar-refractivity contribution in [2.24, 2.45) is 0 Å². The van der Waals surface area contributed by atoms with Crippen molar-refractivity contribution in [3.05, 3.63) is 101 Å². The number of aliphatic carboxylic acids is 1. The van der Waals surface area contributed by atoms with Gasteiger partial charge in [-0.1, -0.05) is 55.5 Å². The molecule has 3 aromatic carbocycles. The smallest absolute Gasteiger partial charge is 0.360 e. The summed E-state index contributed by atoms with van der Waals surface area (Å²) in [6.07, 6.45) is 0.467. The fraction of sp³-hybridized carbons (Fsp3) is 0.185. The summed E-state index contributed by atoms with van der Waals surface area (Å²) in [7, 11) is 0. The summed E-state index contributed by atoms with van der Waals surface area (Å²) in [6, 6.07) is 20.4. The maximum Gasteiger partial charge on any atom is 0.360 e. The molecule has 7 nitrogen and oxygen atoms in total. The number of fused-ring (bicyclic) bond motifs is 1. The van der Waals surface area contributed by atoms with Crippen LogP contribution in [0.5, 0.6) is 5.75 Å². The lowest BCUT2D eigenvalue weighted by molar-refractivity contribution is -0.179. The first-order valence-electron chi connectivity index (χ1n) is 11.3. The molecule has 0 saturated carbocycles. The molecule has 0 amide bonds. The van der Waals surface area contributed by atoms with Crippen molar-refractivity contribution in [2.75, 3.05) is 5.32 Å². The topological polar surface area (TPSA) is 108 Å². The minimum absolute atomic E-state index is 0.0246. The van der Waals surface area contributed by atoms with Crippen molar-refractivity contribution in [1.82, 2.24) is 9.78 Å². The Kier molecular flexibility index (Phi) is 5.53. The number of para-hydroxylation sites is 1. The second-order valence-electron chi connectivity index (χ2n) is 8.55. The minimum atomic E-state index is -2.49. The molecule has 1 aromatic heterocycles. The molecule has 4 aromatic rings. The van der Waals surface area contributed by atoms with Crippen LogP contribution in [0, 0.1) is 5.82 Å². The highest BCUT2D eigenvalue weighted by Crippen LogP contribution is 2.52. The van der Waals surface area contributed by atoms with Crippen molar-refractivity contribution in [2.45, 2.75) is 31.0 Å². The number of anilines is 1. The Morgan fingerprint density at radius 1 is 1.06 bits per heavy atom. The zero-order chi connectivity index (χ0) is 24.7. The first-order valence-corrected chi connectivity index (χ1v) is 11.3. The standard InChI is InChI=1S/C27H24FN3O4/c1-2-19-23(17-12-14-18(28)15-13-17)30-31-25(19)29-24(20-10-6-7-11-21(20)32)22(27(31,35)26(33)34)16-8-4-3-5-9-16/h3-15,22,24,29,32,35H,2H2,1H3,(H,33,34)/t22-,24+,27+/m0/s1. The molecule has 2 heterocycles. The number of aromatic hydroxyl groups is 1. The van der Waals surface area contributed by atoms with Gasteiger partial charge in [-0.3, -0.25) is 0 Å². The second kappa shape index (κ2) is 8.56. The van der Waals surface area contributed by atoms with Gasteiger partial charge in [-0.05, 0) is 42.3 Å². The largest absolute Gasteiger partial charge is 0.508 e. The molecule has 5 rings (SSSR count). The normalized spacial score (nSPS) is 21.2. The Balaban J connectivity index is 1.81. The number of phenols is 1. The zero-order valence-electron chi connectivity index (χ0n) is 18.9. The number of nitrogens with zero attached hydrogens (tertiary/aromatic N) is 2. The van der Waals surface area contributed by atoms with Gasteiger partial charge in [0.25, 0.3) is 5.72 Å². The Morgan fingerprint density at radius 2 is 1.71 bits per heavy atom. The lowest BCUT2D eigenvalue weighted by Crippen LogP contribution is -2.54. The maximum absolute atomic E-state index is 13.6. The lowest BCUT2D eigenvalue weighted by Gasteiger charge is -2.44. The van der Waals surface area contributed by atoms with Crippen LogP contribution in [-0.2, 0) is 16.9 Å². The van der Waals surface area contributed by atoms with Crippen LogP contribution < -0.4 is 5.32 Å². The van der Waals surface area contributed by atoms with Gasteiger partial charge in [0.1, 0.15) is 17.4 Å². The molecular formula is C27H24FN3O4. The molecule has 0 fully saturated rings. The number of carbonyl (C=O) groups is 1. The van der Waals surface area contributed by atoms with E-state index in [-0.39, 0.29) is 5.75 Å². The summed E-state index contributed by atoms with van der Waals surface area (Å²) in [4.78, 5) is 12.8. The highest BCUT2D eigenvalue weighted by atomic mass is 19.1. The predicted molar refractivity (Wildman–Crippen MR) is 128 cm³/mol. The molecule has 8 heteroatoms. The van der Waals surface area contributed by atoms with Crippen molar-refractivity contribution in [3.8, 4) is 17.0 Å². The maximum atomic E-state index is 13.6. The first kappa shape index (κ1) is 22.6. The Labute approximate surface area is 201 Å². The van der Waals surface area contributed by atoms with Gasteiger partial charge in [-0.15, -0.1) is 0 Å². The van der Waals surface area contributed by atoms with E-state index in [0.29, 0.717) is 40.2 Å². The van der Waals surface area contributed by atoms with E-state index in [0.717, 1.165) is 4.68 Å². The second-order valence-corrected chi connectivity index (χ2v) is 8.55. The monoisotopic (exact) mass is 473 g/mol. The fourth-order valence-corrected chi connectivity index (χ4v) is 4.93. The minimum Gasteiger partial charge on any atom is -0.508 e. The van der Waals surface area contributed by atoms with Gasteiger partial charge in [0, 0.05) is 16.7 Å². The summed E-state index contributed by atoms with van der Waals surface area (Å²) < 4.78 is 14.7. The van der Waals surface area contributed by atoms with Crippen LogP contribution in [0.2, 0.25) is 0 Å². The van der Waals surface area contributed by atoms with Crippen molar-refractivity contribution in [1.29, 1.82) is 0 Å². The van der Waals surface area contributed by atoms with E-state index in [1.165, 1.54) is 18.2 Å². The Bertz CT molecular complexity index is 1390. The van der Waals surface area contributed by atoms with Crippen molar-refractivity contribution >= 4 is 11.8 Å². The number of nitrogens with one attached hydrogen (secondary N) is 1. The van der Waals surface area contributed by atoms with E-state index in [1.807, 2.05) is 6.92 Å². The predicted octanol–water partition coefficient (Wildman–Crippen LogP) is 4.64. The number of hydrogen-bond donors (Lipinski definition) is 4. The number of aromatic nitrogens is 2. The molecule has 0 unspecified atom stereocenters. The van der Waals surface area contributed by atoms with E-state index in [1.54, 1.807) is 60.7 Å². The molecule has 0 bridgehead atoms. The molecule has 1 aliphatic rings. The van der Waals surface area contributed by atoms with E-state index < -0.39 is 29.5 Å². The van der Waals surface area contributed by atoms with Crippen LogP contribution in [0.25, 0.3) is 11.3 Å². The van der Waals surface area contributed by atoms with Gasteiger partial charge in [0.15, 0.2) is 0 Å². The number of halogens is 1. The molecule has 0 aliphatic carbocycles. The van der Waals surface area contributed by atoms with Gasteiger partial charge in [-0.2, -0.15) is 5.10 Å². The molecule has 0 spiro atoms. The molecule has 4 N–H and O–H groups in total. The van der Waals surface area contributed by atoms with Crippen LogP contribution >= 0.6 is 0 Å². The highest BCUT2D eigenvalue weighted by Gasteiger charge is 2.56. The number of aliphatic hydroxyl groups is 1. The molecular weight excluding hydrogens is 449 g/mol. The SMILES string of the molecule is CCc1c(-c2ccc(F)cc2)nn2c1N[C@H](c1ccccc1O)[C@H](c1ccccc1)[C@@]2(O)C(=O)O. The highest BCUT2D eigenvalue weighted by molar-refractivity contribution is 5.81. The third-order valence-corrected chi connectivity index (χ3v) is 6.58. The molecule has 178 valence electrons. The van der Waals surface area contributed by atoms with Gasteiger partial charge in [0.2, 0.25) is 0 Å². The summed E-state index contributed by atoms with van der Waals surface area (Å²) in [5, 5.41) is 41.0. The van der Waals surface area contributed by atoms with E-state index >= 15 is 0 Å². The first-order chi connectivity index (χ1) is 16.9. The summed E-state index contributed by atoms with van der Waals surface area (Å²) in [5.41, 5.74) is 0.217. The number of benzene rings is 3. The van der Waals surface area contributed by atoms with Crippen LogP contribution in [0.4, 0.5) is 10.2 Å². The average molecular weight is 474 g/mol. The summed E-state index contributed by atoms with van der Waals surface area (Å²) >= 11 is 0. The van der Waals surface area contributed by atoms with Crippen molar-refractivity contribution < 1.29 is 24.5 Å². The summed E-state index contributed by atoms with van der Waals surface area (Å²) in [5.74, 6) is -2.63. The third kappa shape index (κ3) is 3.54. The van der Waals surface area contributed by atoms with Crippen molar-refractivity contribution in [3.63, 3.8) is 0 Å². The van der Waals surface area contributed by atoms with Crippen LogP contribution in [0.3, 0.4) is 0 Å². The Morgan fingerprint density at radius 3 is 2.34 bits per heavy atom. The molecule has 35 heavy (non-hydrogen) atoms. The molecule has 0 radical (unpaired) electrons. The van der Waals surface area contributed by atoms with Gasteiger partial charge in [-0.25, -0.2) is 13.9 Å². The van der Waals surface area contributed by atoms with Gasteiger partial charge >= 0.3 is 5.97 Å². The van der Waals surface area contributed by atoms with E-state index in [4.69, 9.17) is 0 Å². The molecule has 3 atom stereocenters. The summed E-state index contributed by atoms with van der Waals surface area (Å²) in [6.45, 7) is 1.89. The number of carboxylic acids is 1. The molecule has 0 saturated heterocycles. The van der Waals surface area contributed by atoms with E-state index in [9.17, 15) is 24.5 Å². The van der Waals surface area contributed by atoms with Gasteiger partial charge in [0.05, 0.1) is 17.7 Å². The number of hydrogen-bond acceptors (Lipinski definition) is 5. The van der Waals surface area contributed by atoms with Crippen LogP contribution in [0.1, 0.15) is 35.6 Å². The van der Waals surface area contributed by atoms with Crippen LogP contribution in [-0.4, -0.2) is 31.1 Å². The average Bonchev–Trinajstić information content (AvgIpc) is 3.24. The Hall–Kier alpha value is -4.17. The number of carboxylic acid groups (broad SMARTS) is 1. The number of rotatable bonds is 5. The van der Waals surface area contributed by atoms with E-state index in [2.05, 4.69) is 10.4 Å². The number of phenolic OH excluding ortho intramolecular Hbond substituents is 1. The fourth-order valence-electron chi connectivity index (χ4n) is 4.93. The quantitative estimate of drug-likeness (QED) is 0.337. The third-order valence-electron chi connectivity index (χ3n) is 6.58. The van der Waals surface area contributed by atoms with Gasteiger partial charge < -0.3 is 20.6 Å². The zero-order valence-corrected chi connectivity index (χ0v) is 18.9.